The van der Waals surface area contributed by atoms with Crippen molar-refractivity contribution in [2.75, 3.05) is 13.1 Å². The van der Waals surface area contributed by atoms with Crippen LogP contribution in [0.1, 0.15) is 50.9 Å². The summed E-state index contributed by atoms with van der Waals surface area (Å²) in [5.41, 5.74) is 5.50. The molecule has 5 rings (SSSR count). The lowest BCUT2D eigenvalue weighted by atomic mass is 9.96. The Morgan fingerprint density at radius 2 is 1.79 bits per heavy atom. The molecular formula is C26H30N6O2. The molecule has 0 aliphatic carbocycles. The van der Waals surface area contributed by atoms with Crippen molar-refractivity contribution in [3.8, 4) is 11.1 Å². The molecule has 8 nitrogen and oxygen atoms in total. The van der Waals surface area contributed by atoms with E-state index < -0.39 is 5.60 Å². The number of rotatable bonds is 2. The molecule has 2 aromatic heterocycles. The average Bonchev–Trinajstić information content (AvgIpc) is 3.18. The monoisotopic (exact) mass is 458 g/mol. The summed E-state index contributed by atoms with van der Waals surface area (Å²) in [6, 6.07) is 10.5. The Morgan fingerprint density at radius 1 is 1.03 bits per heavy atom. The van der Waals surface area contributed by atoms with Crippen LogP contribution in [-0.2, 0) is 11.8 Å². The van der Waals surface area contributed by atoms with Crippen LogP contribution >= 0.6 is 0 Å². The van der Waals surface area contributed by atoms with Crippen molar-refractivity contribution in [1.29, 1.82) is 0 Å². The third-order valence-electron chi connectivity index (χ3n) is 6.23. The predicted molar refractivity (Wildman–Crippen MR) is 132 cm³/mol. The van der Waals surface area contributed by atoms with Crippen molar-refractivity contribution in [1.82, 2.24) is 29.9 Å². The van der Waals surface area contributed by atoms with E-state index in [2.05, 4.69) is 40.4 Å². The maximum atomic E-state index is 12.3. The van der Waals surface area contributed by atoms with E-state index in [1.807, 2.05) is 50.8 Å². The van der Waals surface area contributed by atoms with Gasteiger partial charge in [-0.15, -0.1) is 10.2 Å². The van der Waals surface area contributed by atoms with Gasteiger partial charge in [0.05, 0.1) is 11.0 Å². The maximum absolute atomic E-state index is 12.3. The highest BCUT2D eigenvalue weighted by molar-refractivity contribution is 5.89. The molecule has 2 aromatic carbocycles. The van der Waals surface area contributed by atoms with E-state index in [0.29, 0.717) is 13.1 Å². The Balaban J connectivity index is 1.34. The number of piperidine rings is 1. The fourth-order valence-corrected chi connectivity index (χ4v) is 4.54. The SMILES string of the molecule is Cc1cc(-c2ccc3nc(C4CCN(C(=O)OC(C)(C)C)CC4)nnc3c2)cc2cn(C)nc12. The minimum atomic E-state index is -0.486. The van der Waals surface area contributed by atoms with Crippen molar-refractivity contribution < 1.29 is 9.53 Å². The Bertz CT molecular complexity index is 1380. The van der Waals surface area contributed by atoms with Crippen LogP contribution in [0.2, 0.25) is 0 Å². The number of carbonyl (C=O) groups excluding carboxylic acids is 1. The molecule has 3 heterocycles. The van der Waals surface area contributed by atoms with E-state index in [0.717, 1.165) is 57.3 Å². The highest BCUT2D eigenvalue weighted by Gasteiger charge is 2.29. The number of fused-ring (bicyclic) bond motifs is 2. The highest BCUT2D eigenvalue weighted by Crippen LogP contribution is 2.30. The highest BCUT2D eigenvalue weighted by atomic mass is 16.6. The molecule has 1 fully saturated rings. The van der Waals surface area contributed by atoms with Crippen LogP contribution in [0.15, 0.2) is 36.5 Å². The Morgan fingerprint density at radius 3 is 2.53 bits per heavy atom. The van der Waals surface area contributed by atoms with Crippen LogP contribution in [-0.4, -0.2) is 54.6 Å². The summed E-state index contributed by atoms with van der Waals surface area (Å²) in [5, 5.41) is 14.6. The van der Waals surface area contributed by atoms with E-state index in [1.54, 1.807) is 4.90 Å². The first-order valence-corrected chi connectivity index (χ1v) is 11.7. The fourth-order valence-electron chi connectivity index (χ4n) is 4.54. The van der Waals surface area contributed by atoms with Crippen molar-refractivity contribution in [3.05, 3.63) is 47.9 Å². The van der Waals surface area contributed by atoms with Gasteiger partial charge in [0.2, 0.25) is 0 Å². The second-order valence-corrected chi connectivity index (χ2v) is 10.1. The molecule has 0 radical (unpaired) electrons. The first kappa shape index (κ1) is 22.3. The molecule has 176 valence electrons. The molecule has 0 N–H and O–H groups in total. The van der Waals surface area contributed by atoms with E-state index in [1.165, 1.54) is 0 Å². The number of benzene rings is 2. The molecule has 0 unspecified atom stereocenters. The lowest BCUT2D eigenvalue weighted by Gasteiger charge is -2.32. The van der Waals surface area contributed by atoms with E-state index in [-0.39, 0.29) is 12.0 Å². The molecule has 0 spiro atoms. The standard InChI is InChI=1S/C26H30N6O2/c1-16-12-19(13-20-15-31(5)30-23(16)20)18-6-7-21-22(14-18)28-29-24(27-21)17-8-10-32(11-9-17)25(33)34-26(2,3)4/h6-7,12-15,17H,8-11H2,1-5H3. The summed E-state index contributed by atoms with van der Waals surface area (Å²) in [6.07, 6.45) is 3.38. The quantitative estimate of drug-likeness (QED) is 0.420. The first-order chi connectivity index (χ1) is 16.2. The van der Waals surface area contributed by atoms with Crippen molar-refractivity contribution in [2.45, 2.75) is 52.1 Å². The van der Waals surface area contributed by atoms with Crippen LogP contribution < -0.4 is 0 Å². The van der Waals surface area contributed by atoms with Gasteiger partial charge < -0.3 is 9.64 Å². The summed E-state index contributed by atoms with van der Waals surface area (Å²) in [4.78, 5) is 18.9. The van der Waals surface area contributed by atoms with Crippen LogP contribution in [0.3, 0.4) is 0 Å². The second kappa shape index (κ2) is 8.34. The molecule has 0 bridgehead atoms. The van der Waals surface area contributed by atoms with Crippen molar-refractivity contribution in [3.63, 3.8) is 0 Å². The summed E-state index contributed by atoms with van der Waals surface area (Å²) in [6.45, 7) is 9.01. The Hall–Kier alpha value is -3.55. The van der Waals surface area contributed by atoms with Crippen molar-refractivity contribution in [2.24, 2.45) is 7.05 Å². The van der Waals surface area contributed by atoms with Crippen LogP contribution in [0.5, 0.6) is 0 Å². The zero-order valence-corrected chi connectivity index (χ0v) is 20.4. The van der Waals surface area contributed by atoms with Gasteiger partial charge in [0.15, 0.2) is 5.82 Å². The first-order valence-electron chi connectivity index (χ1n) is 11.7. The number of ether oxygens (including phenoxy) is 1. The predicted octanol–water partition coefficient (Wildman–Crippen LogP) is 5.00. The smallest absolute Gasteiger partial charge is 0.410 e. The van der Waals surface area contributed by atoms with E-state index in [9.17, 15) is 4.79 Å². The summed E-state index contributed by atoms with van der Waals surface area (Å²) < 4.78 is 7.34. The van der Waals surface area contributed by atoms with Gasteiger partial charge in [-0.1, -0.05) is 6.07 Å². The fraction of sp³-hybridized carbons (Fsp3) is 0.423. The molecule has 1 saturated heterocycles. The second-order valence-electron chi connectivity index (χ2n) is 10.1. The van der Waals surface area contributed by atoms with Gasteiger partial charge in [0.25, 0.3) is 0 Å². The van der Waals surface area contributed by atoms with Gasteiger partial charge in [-0.3, -0.25) is 4.68 Å². The van der Waals surface area contributed by atoms with Crippen LogP contribution in [0.4, 0.5) is 4.79 Å². The molecule has 8 heteroatoms. The topological polar surface area (TPSA) is 86.0 Å². The van der Waals surface area contributed by atoms with Gasteiger partial charge in [-0.2, -0.15) is 5.10 Å². The number of hydrogen-bond acceptors (Lipinski definition) is 6. The van der Waals surface area contributed by atoms with Gasteiger partial charge in [-0.25, -0.2) is 9.78 Å². The molecule has 1 aliphatic rings. The molecular weight excluding hydrogens is 428 g/mol. The summed E-state index contributed by atoms with van der Waals surface area (Å²) in [5.74, 6) is 0.933. The molecule has 4 aromatic rings. The largest absolute Gasteiger partial charge is 0.444 e. The van der Waals surface area contributed by atoms with Gasteiger partial charge in [0.1, 0.15) is 11.1 Å². The maximum Gasteiger partial charge on any atom is 0.410 e. The zero-order chi connectivity index (χ0) is 24.0. The number of aryl methyl sites for hydroxylation is 2. The zero-order valence-electron chi connectivity index (χ0n) is 20.4. The summed E-state index contributed by atoms with van der Waals surface area (Å²) in [7, 11) is 1.94. The van der Waals surface area contributed by atoms with Gasteiger partial charge >= 0.3 is 6.09 Å². The lowest BCUT2D eigenvalue weighted by Crippen LogP contribution is -2.41. The Kier molecular flexibility index (Phi) is 5.46. The average molecular weight is 459 g/mol. The third-order valence-corrected chi connectivity index (χ3v) is 6.23. The van der Waals surface area contributed by atoms with E-state index >= 15 is 0 Å². The normalized spacial score (nSPS) is 15.3. The van der Waals surface area contributed by atoms with Gasteiger partial charge in [0, 0.05) is 37.6 Å². The number of amides is 1. The number of carbonyl (C=O) groups is 1. The third kappa shape index (κ3) is 4.44. The molecule has 0 saturated carbocycles. The number of likely N-dealkylation sites (tertiary alicyclic amines) is 1. The molecule has 34 heavy (non-hydrogen) atoms. The van der Waals surface area contributed by atoms with Crippen molar-refractivity contribution >= 4 is 28.0 Å². The van der Waals surface area contributed by atoms with Crippen LogP contribution in [0.25, 0.3) is 33.1 Å². The molecule has 1 amide bonds. The minimum Gasteiger partial charge on any atom is -0.444 e. The Labute approximate surface area is 198 Å². The van der Waals surface area contributed by atoms with Gasteiger partial charge in [-0.05, 0) is 81.5 Å². The number of hydrogen-bond donors (Lipinski definition) is 0. The minimum absolute atomic E-state index is 0.186. The van der Waals surface area contributed by atoms with E-state index in [4.69, 9.17) is 9.72 Å². The lowest BCUT2D eigenvalue weighted by molar-refractivity contribution is 0.0203. The molecule has 0 atom stereocenters. The van der Waals surface area contributed by atoms with Crippen LogP contribution in [0, 0.1) is 6.92 Å². The summed E-state index contributed by atoms with van der Waals surface area (Å²) >= 11 is 0. The molecule has 1 aliphatic heterocycles. The number of aromatic nitrogens is 5. The number of nitrogens with zero attached hydrogens (tertiary/aromatic N) is 6.